The second-order valence-electron chi connectivity index (χ2n) is 23.0. The average Bonchev–Trinajstić information content (AvgIpc) is 0.825. The van der Waals surface area contributed by atoms with Gasteiger partial charge in [-0.15, -0.1) is 35.9 Å². The van der Waals surface area contributed by atoms with E-state index in [1.54, 1.807) is 37.7 Å². The van der Waals surface area contributed by atoms with E-state index < -0.39 is 65.0 Å². The topological polar surface area (TPSA) is 305 Å². The molecule has 116 heavy (non-hydrogen) atoms. The summed E-state index contributed by atoms with van der Waals surface area (Å²) < 4.78 is 223. The Hall–Kier alpha value is -7.83. The zero-order chi connectivity index (χ0) is 83.1. The number of methoxy groups -OCH3 is 1. The van der Waals surface area contributed by atoms with E-state index in [1.165, 1.54) is 0 Å². The number of ether oxygens (including phenoxy) is 18. The molecule has 6 rings (SSSR count). The fourth-order valence-corrected chi connectivity index (χ4v) is 8.86. The SMILES string of the molecule is COCCOCCOCCOc1ccnc(-c2cc(OCCOCCOCCOC(=O)NCCOCCOCCOCCOC(=O)NCCOCCOCCOCCOC(=O)NCCOCCOCCCCCCCl)ccn2)c1.Fc1c[c-]c(-c2ccc(C(F)(F)F)cn2)c(F)c1.Fc1c[c-]c(-c2ccc(C(F)(F)F)cn2)c(F)c1.[Ir]. The number of amides is 3. The van der Waals surface area contributed by atoms with E-state index in [1.807, 2.05) is 6.07 Å². The van der Waals surface area contributed by atoms with Crippen LogP contribution in [0.1, 0.15) is 36.8 Å². The zero-order valence-corrected chi connectivity index (χ0v) is 67.1. The molecular weight excluding hydrogens is 1760 g/mol. The van der Waals surface area contributed by atoms with Crippen LogP contribution in [0.15, 0.2) is 97.6 Å². The molecular formula is C76H98ClF10IrN7O21-2. The minimum absolute atomic E-state index is 0. The fourth-order valence-electron chi connectivity index (χ4n) is 8.67. The fraction of sp³-hybridized carbons (Fsp3) is 0.539. The van der Waals surface area contributed by atoms with Gasteiger partial charge < -0.3 is 111 Å². The number of benzene rings is 2. The Morgan fingerprint density at radius 2 is 0.681 bits per heavy atom. The Morgan fingerprint density at radius 1 is 0.371 bits per heavy atom. The molecule has 3 amide bonds. The molecule has 0 unspecified atom stereocenters. The molecule has 40 heteroatoms. The smallest absolute Gasteiger partial charge is 0.417 e. The number of rotatable bonds is 59. The first-order chi connectivity index (χ1) is 55.8. The van der Waals surface area contributed by atoms with Crippen molar-refractivity contribution in [2.24, 2.45) is 0 Å². The molecule has 1 radical (unpaired) electrons. The van der Waals surface area contributed by atoms with Crippen molar-refractivity contribution in [1.82, 2.24) is 35.9 Å². The summed E-state index contributed by atoms with van der Waals surface area (Å²) in [4.78, 5) is 51.2. The van der Waals surface area contributed by atoms with Gasteiger partial charge in [0.25, 0.3) is 0 Å². The van der Waals surface area contributed by atoms with Gasteiger partial charge in [-0.05, 0) is 36.4 Å². The van der Waals surface area contributed by atoms with Crippen molar-refractivity contribution in [3.63, 3.8) is 0 Å². The molecule has 0 saturated heterocycles. The summed E-state index contributed by atoms with van der Waals surface area (Å²) in [7, 11) is 1.63. The third-order valence-corrected chi connectivity index (χ3v) is 14.5. The summed E-state index contributed by atoms with van der Waals surface area (Å²) in [5, 5.41) is 7.80. The van der Waals surface area contributed by atoms with E-state index in [2.05, 4.69) is 48.0 Å². The molecule has 6 aromatic rings. The molecule has 0 fully saturated rings. The van der Waals surface area contributed by atoms with Gasteiger partial charge in [0.05, 0.1) is 181 Å². The van der Waals surface area contributed by atoms with E-state index in [-0.39, 0.29) is 109 Å². The Balaban J connectivity index is 0.000000752. The van der Waals surface area contributed by atoms with Crippen molar-refractivity contribution in [2.75, 3.05) is 231 Å². The summed E-state index contributed by atoms with van der Waals surface area (Å²) in [6, 6.07) is 18.3. The zero-order valence-electron chi connectivity index (χ0n) is 64.0. The van der Waals surface area contributed by atoms with Crippen LogP contribution in [0, 0.1) is 35.4 Å². The number of hydrogen-bond acceptors (Lipinski definition) is 25. The maximum Gasteiger partial charge on any atom is 0.417 e. The van der Waals surface area contributed by atoms with Crippen LogP contribution in [0.5, 0.6) is 11.5 Å². The van der Waals surface area contributed by atoms with Crippen LogP contribution in [0.25, 0.3) is 33.9 Å². The van der Waals surface area contributed by atoms with Gasteiger partial charge in [0.15, 0.2) is 0 Å². The molecule has 0 atom stereocenters. The summed E-state index contributed by atoms with van der Waals surface area (Å²) in [5.41, 5.74) is -1.02. The second-order valence-corrected chi connectivity index (χ2v) is 23.4. The number of nitrogens with one attached hydrogen (secondary N) is 3. The third-order valence-electron chi connectivity index (χ3n) is 14.3. The van der Waals surface area contributed by atoms with Gasteiger partial charge in [-0.25, -0.2) is 14.4 Å². The molecule has 2 aromatic carbocycles. The summed E-state index contributed by atoms with van der Waals surface area (Å²) >= 11 is 5.66. The Bertz CT molecular complexity index is 3430. The van der Waals surface area contributed by atoms with Crippen LogP contribution in [-0.2, 0) is 108 Å². The molecule has 0 aliphatic rings. The molecule has 4 aromatic heterocycles. The van der Waals surface area contributed by atoms with Crippen LogP contribution in [0.3, 0.4) is 0 Å². The average molecular weight is 1860 g/mol. The summed E-state index contributed by atoms with van der Waals surface area (Å²) in [5.74, 6) is -1.51. The van der Waals surface area contributed by atoms with E-state index in [9.17, 15) is 58.3 Å². The molecule has 0 bridgehead atoms. The maximum atomic E-state index is 13.3. The number of unbranched alkanes of at least 4 members (excludes halogenated alkanes) is 3. The van der Waals surface area contributed by atoms with E-state index in [0.29, 0.717) is 205 Å². The Labute approximate surface area is 684 Å². The number of halogens is 11. The van der Waals surface area contributed by atoms with Gasteiger partial charge in [0, 0.05) is 120 Å². The summed E-state index contributed by atoms with van der Waals surface area (Å²) in [6.07, 6.45) is -1.90. The molecule has 0 spiro atoms. The van der Waals surface area contributed by atoms with E-state index >= 15 is 0 Å². The van der Waals surface area contributed by atoms with E-state index in [0.717, 1.165) is 62.1 Å². The van der Waals surface area contributed by atoms with Gasteiger partial charge in [-0.3, -0.25) is 27.5 Å². The Morgan fingerprint density at radius 3 is 0.991 bits per heavy atom. The van der Waals surface area contributed by atoms with E-state index in [4.69, 9.17) is 96.9 Å². The number of alkyl halides is 7. The first-order valence-corrected chi connectivity index (χ1v) is 37.0. The van der Waals surface area contributed by atoms with Gasteiger partial charge in [-0.2, -0.15) is 26.3 Å². The molecule has 0 aliphatic heterocycles. The van der Waals surface area contributed by atoms with Crippen LogP contribution < -0.4 is 25.4 Å². The number of carbonyl (C=O) groups excluding carboxylic acids is 3. The van der Waals surface area contributed by atoms with Gasteiger partial charge in [0.2, 0.25) is 0 Å². The van der Waals surface area contributed by atoms with Gasteiger partial charge in [0.1, 0.15) is 44.5 Å². The molecule has 651 valence electrons. The van der Waals surface area contributed by atoms with Crippen LogP contribution in [-0.4, -0.2) is 269 Å². The number of alkyl carbamates (subject to hydrolysis) is 3. The predicted molar refractivity (Wildman–Crippen MR) is 394 cm³/mol. The van der Waals surface area contributed by atoms with Crippen LogP contribution in [0.4, 0.5) is 58.3 Å². The molecule has 0 saturated carbocycles. The third kappa shape index (κ3) is 50.7. The number of nitrogens with zero attached hydrogens (tertiary/aromatic N) is 4. The minimum Gasteiger partial charge on any atom is -0.491 e. The number of carbonyl (C=O) groups is 3. The van der Waals surface area contributed by atoms with Crippen molar-refractivity contribution in [2.45, 2.75) is 38.0 Å². The maximum absolute atomic E-state index is 13.3. The number of aromatic nitrogens is 4. The van der Waals surface area contributed by atoms with Crippen molar-refractivity contribution in [3.8, 4) is 45.4 Å². The standard InChI is InChI=1S/C52H88ClN5O21.2C12H5F5N.Ir/c1-62-18-19-67-26-29-70-34-39-75-46-6-9-54-48(44-46)49-45-47(7-10-55-49)76-40-35-71-32-33-74-38-43-79-52(61)58-13-17-66-23-25-69-28-31-73-37-42-78-51(60)57-12-16-65-22-24-68-27-30-72-36-41-77-50(59)56-11-15-64-21-20-63-14-5-3-2-4-8-53;2*13-8-2-3-9(10(14)5-8)11-4-1-7(6-18-11)12(15,16)17;/h6-7,9-10,44-45H,2-5,8,11-43H2,1H3,(H,56,59)(H,57,60)(H,58,61);2*1-2,4-6H;/q;2*-1;. The second kappa shape index (κ2) is 65.1. The molecule has 28 nitrogen and oxygen atoms in total. The van der Waals surface area contributed by atoms with Gasteiger partial charge in [-0.1, -0.05) is 60.4 Å². The largest absolute Gasteiger partial charge is 0.491 e. The number of pyridine rings is 4. The Kier molecular flexibility index (Phi) is 57.5. The predicted octanol–water partition coefficient (Wildman–Crippen LogP) is 11.4. The number of hydrogen-bond donors (Lipinski definition) is 3. The van der Waals surface area contributed by atoms with Gasteiger partial charge >= 0.3 is 30.6 Å². The first-order valence-electron chi connectivity index (χ1n) is 36.5. The molecule has 0 aliphatic carbocycles. The quantitative estimate of drug-likeness (QED) is 0.0105. The molecule has 4 heterocycles. The van der Waals surface area contributed by atoms with Crippen molar-refractivity contribution in [1.29, 1.82) is 0 Å². The van der Waals surface area contributed by atoms with Crippen molar-refractivity contribution in [3.05, 3.63) is 144 Å². The first kappa shape index (κ1) is 102. The molecule has 3 N–H and O–H groups in total. The van der Waals surface area contributed by atoms with Crippen molar-refractivity contribution < 1.29 is 164 Å². The monoisotopic (exact) mass is 1860 g/mol. The van der Waals surface area contributed by atoms with Crippen LogP contribution >= 0.6 is 11.6 Å². The summed E-state index contributed by atoms with van der Waals surface area (Å²) in [6.45, 7) is 11.4. The minimum atomic E-state index is -4.50. The van der Waals surface area contributed by atoms with Crippen LogP contribution in [0.2, 0.25) is 0 Å². The van der Waals surface area contributed by atoms with Crippen molar-refractivity contribution >= 4 is 29.9 Å². The normalized spacial score (nSPS) is 11.2.